The van der Waals surface area contributed by atoms with Crippen LogP contribution >= 0.6 is 0 Å². The maximum Gasteiger partial charge on any atom is 0.337 e. The molecule has 1 aromatic carbocycles. The Labute approximate surface area is 159 Å². The van der Waals surface area contributed by atoms with Crippen LogP contribution in [0.2, 0.25) is 0 Å². The van der Waals surface area contributed by atoms with E-state index in [1.165, 1.54) is 16.7 Å². The Morgan fingerprint density at radius 2 is 1.89 bits per heavy atom. The molecule has 0 saturated carbocycles. The minimum atomic E-state index is -0.884. The Morgan fingerprint density at radius 3 is 2.56 bits per heavy atom. The van der Waals surface area contributed by atoms with Crippen LogP contribution in [0.1, 0.15) is 49.8 Å². The topological polar surface area (TPSA) is 67.4 Å². The number of aromatic nitrogens is 1. The average Bonchev–Trinajstić information content (AvgIpc) is 3.20. The highest BCUT2D eigenvalue weighted by Crippen LogP contribution is 2.25. The van der Waals surface area contributed by atoms with Gasteiger partial charge in [-0.3, -0.25) is 0 Å². The first-order valence-electron chi connectivity index (χ1n) is 9.09. The van der Waals surface area contributed by atoms with Gasteiger partial charge in [-0.05, 0) is 51.0 Å². The minimum absolute atomic E-state index is 0.393. The molecule has 3 rings (SSSR count). The van der Waals surface area contributed by atoms with Gasteiger partial charge in [-0.1, -0.05) is 23.8 Å². The first kappa shape index (κ1) is 19.0. The van der Waals surface area contributed by atoms with E-state index in [2.05, 4.69) is 41.9 Å². The van der Waals surface area contributed by atoms with Crippen molar-refractivity contribution in [3.8, 4) is 0 Å². The van der Waals surface area contributed by atoms with Crippen LogP contribution in [0.3, 0.4) is 0 Å². The first-order valence-corrected chi connectivity index (χ1v) is 9.09. The Morgan fingerprint density at radius 1 is 1.11 bits per heavy atom. The van der Waals surface area contributed by atoms with Gasteiger partial charge in [0.15, 0.2) is 0 Å². The summed E-state index contributed by atoms with van der Waals surface area (Å²) in [6, 6.07) is 10.1. The summed E-state index contributed by atoms with van der Waals surface area (Å²) in [5.74, 6) is -0.0545. The molecule has 3 aromatic rings. The summed E-state index contributed by atoms with van der Waals surface area (Å²) < 4.78 is 7.43. The Kier molecular flexibility index (Phi) is 5.51. The third kappa shape index (κ3) is 3.98. The number of rotatable bonds is 7. The van der Waals surface area contributed by atoms with E-state index in [0.717, 1.165) is 22.7 Å². The summed E-state index contributed by atoms with van der Waals surface area (Å²) in [4.78, 5) is 11.9. The predicted molar refractivity (Wildman–Crippen MR) is 105 cm³/mol. The van der Waals surface area contributed by atoms with Crippen molar-refractivity contribution in [2.45, 2.75) is 47.3 Å². The smallest absolute Gasteiger partial charge is 0.337 e. The first-order chi connectivity index (χ1) is 12.9. The second kappa shape index (κ2) is 7.84. The summed E-state index contributed by atoms with van der Waals surface area (Å²) in [6.07, 6.45) is 1.63. The van der Waals surface area contributed by atoms with Crippen LogP contribution in [-0.4, -0.2) is 15.6 Å². The molecule has 0 fully saturated rings. The fourth-order valence-corrected chi connectivity index (χ4v) is 3.55. The standard InChI is InChI=1S/C22H26N2O3/c1-14-7-8-15(2)18(10-14)13-24-16(3)20(21(17(24)4)22(25)26)12-23-11-19-6-5-9-27-19/h5-10,23H,11-13H2,1-4H3,(H,25,26). The highest BCUT2D eigenvalue weighted by Gasteiger charge is 2.22. The van der Waals surface area contributed by atoms with Gasteiger partial charge in [-0.15, -0.1) is 0 Å². The zero-order valence-electron chi connectivity index (χ0n) is 16.3. The van der Waals surface area contributed by atoms with E-state index in [0.29, 0.717) is 25.2 Å². The molecule has 0 bridgehead atoms. The highest BCUT2D eigenvalue weighted by atomic mass is 16.4. The molecule has 5 nitrogen and oxygen atoms in total. The number of hydrogen-bond acceptors (Lipinski definition) is 3. The van der Waals surface area contributed by atoms with E-state index in [9.17, 15) is 9.90 Å². The van der Waals surface area contributed by atoms with E-state index < -0.39 is 5.97 Å². The lowest BCUT2D eigenvalue weighted by molar-refractivity contribution is 0.0694. The molecule has 0 atom stereocenters. The number of carbonyl (C=O) groups is 1. The van der Waals surface area contributed by atoms with Gasteiger partial charge >= 0.3 is 5.97 Å². The van der Waals surface area contributed by atoms with Crippen LogP contribution in [0.4, 0.5) is 0 Å². The number of hydrogen-bond donors (Lipinski definition) is 2. The molecule has 0 unspecified atom stereocenters. The third-order valence-corrected chi connectivity index (χ3v) is 5.14. The van der Waals surface area contributed by atoms with Crippen LogP contribution in [0.25, 0.3) is 0 Å². The summed E-state index contributed by atoms with van der Waals surface area (Å²) in [7, 11) is 0. The summed E-state index contributed by atoms with van der Waals surface area (Å²) in [5, 5.41) is 13.1. The van der Waals surface area contributed by atoms with E-state index >= 15 is 0 Å². The molecule has 2 heterocycles. The Bertz CT molecular complexity index is 953. The van der Waals surface area contributed by atoms with Crippen LogP contribution in [-0.2, 0) is 19.6 Å². The zero-order chi connectivity index (χ0) is 19.6. The van der Waals surface area contributed by atoms with Crippen LogP contribution in [0.5, 0.6) is 0 Å². The number of carboxylic acid groups (broad SMARTS) is 1. The predicted octanol–water partition coefficient (Wildman–Crippen LogP) is 4.35. The van der Waals surface area contributed by atoms with E-state index in [1.807, 2.05) is 26.0 Å². The maximum atomic E-state index is 11.9. The molecule has 5 heteroatoms. The van der Waals surface area contributed by atoms with Crippen LogP contribution in [0, 0.1) is 27.7 Å². The average molecular weight is 366 g/mol. The quantitative estimate of drug-likeness (QED) is 0.652. The van der Waals surface area contributed by atoms with Gasteiger partial charge in [0.05, 0.1) is 18.4 Å². The maximum absolute atomic E-state index is 11.9. The normalized spacial score (nSPS) is 11.1. The van der Waals surface area contributed by atoms with Gasteiger partial charge in [-0.2, -0.15) is 0 Å². The lowest BCUT2D eigenvalue weighted by Gasteiger charge is -2.13. The van der Waals surface area contributed by atoms with Crippen LogP contribution in [0.15, 0.2) is 41.0 Å². The van der Waals surface area contributed by atoms with Crippen molar-refractivity contribution >= 4 is 5.97 Å². The summed E-state index contributed by atoms with van der Waals surface area (Å²) in [5.41, 5.74) is 6.62. The van der Waals surface area contributed by atoms with Crippen molar-refractivity contribution in [2.24, 2.45) is 0 Å². The minimum Gasteiger partial charge on any atom is -0.478 e. The summed E-state index contributed by atoms with van der Waals surface area (Å²) >= 11 is 0. The van der Waals surface area contributed by atoms with Crippen molar-refractivity contribution in [3.63, 3.8) is 0 Å². The fraction of sp³-hybridized carbons (Fsp3) is 0.318. The number of nitrogens with one attached hydrogen (secondary N) is 1. The highest BCUT2D eigenvalue weighted by molar-refractivity contribution is 5.91. The lowest BCUT2D eigenvalue weighted by Crippen LogP contribution is -2.15. The number of furan rings is 1. The molecule has 0 spiro atoms. The number of benzene rings is 1. The largest absolute Gasteiger partial charge is 0.478 e. The molecule has 0 amide bonds. The molecular formula is C22H26N2O3. The van der Waals surface area contributed by atoms with Gasteiger partial charge in [0, 0.05) is 30.0 Å². The van der Waals surface area contributed by atoms with Gasteiger partial charge in [0.2, 0.25) is 0 Å². The zero-order valence-corrected chi connectivity index (χ0v) is 16.3. The molecular weight excluding hydrogens is 340 g/mol. The monoisotopic (exact) mass is 366 g/mol. The molecule has 27 heavy (non-hydrogen) atoms. The SMILES string of the molecule is Cc1ccc(C)c(Cn2c(C)c(CNCc3ccco3)c(C(=O)O)c2C)c1. The second-order valence-electron chi connectivity index (χ2n) is 7.03. The van der Waals surface area contributed by atoms with Gasteiger partial charge in [0.1, 0.15) is 5.76 Å². The van der Waals surface area contributed by atoms with E-state index in [-0.39, 0.29) is 0 Å². The number of nitrogens with zero attached hydrogens (tertiary/aromatic N) is 1. The molecule has 0 aliphatic rings. The van der Waals surface area contributed by atoms with Crippen molar-refractivity contribution in [2.75, 3.05) is 0 Å². The molecule has 0 aliphatic carbocycles. The van der Waals surface area contributed by atoms with Gasteiger partial charge < -0.3 is 19.4 Å². The Balaban J connectivity index is 1.90. The lowest BCUT2D eigenvalue weighted by atomic mass is 10.1. The van der Waals surface area contributed by atoms with Crippen molar-refractivity contribution in [1.82, 2.24) is 9.88 Å². The number of carboxylic acids is 1. The Hall–Kier alpha value is -2.79. The fourth-order valence-electron chi connectivity index (χ4n) is 3.55. The number of aromatic carboxylic acids is 1. The van der Waals surface area contributed by atoms with E-state index in [4.69, 9.17) is 4.42 Å². The molecule has 142 valence electrons. The molecule has 2 aromatic heterocycles. The van der Waals surface area contributed by atoms with E-state index in [1.54, 1.807) is 6.26 Å². The molecule has 0 aliphatic heterocycles. The van der Waals surface area contributed by atoms with Crippen LogP contribution < -0.4 is 5.32 Å². The summed E-state index contributed by atoms with van der Waals surface area (Å²) in [6.45, 7) is 9.76. The molecule has 2 N–H and O–H groups in total. The van der Waals surface area contributed by atoms with Gasteiger partial charge in [-0.25, -0.2) is 4.79 Å². The van der Waals surface area contributed by atoms with Gasteiger partial charge in [0.25, 0.3) is 0 Å². The number of aryl methyl sites for hydroxylation is 2. The second-order valence-corrected chi connectivity index (χ2v) is 7.03. The molecule has 0 saturated heterocycles. The third-order valence-electron chi connectivity index (χ3n) is 5.14. The van der Waals surface area contributed by atoms with Crippen molar-refractivity contribution in [3.05, 3.63) is 81.6 Å². The molecule has 0 radical (unpaired) electrons. The van der Waals surface area contributed by atoms with Crippen molar-refractivity contribution < 1.29 is 14.3 Å². The van der Waals surface area contributed by atoms with Crippen molar-refractivity contribution in [1.29, 1.82) is 0 Å².